The topological polar surface area (TPSA) is 105 Å². The van der Waals surface area contributed by atoms with E-state index in [9.17, 15) is 18.0 Å². The van der Waals surface area contributed by atoms with Gasteiger partial charge in [-0.1, -0.05) is 29.8 Å². The van der Waals surface area contributed by atoms with Crippen LogP contribution in [-0.2, 0) is 21.2 Å². The lowest BCUT2D eigenvalue weighted by molar-refractivity contribution is -0.122. The smallest absolute Gasteiger partial charge is 0.265 e. The molecule has 3 aromatic carbocycles. The van der Waals surface area contributed by atoms with Gasteiger partial charge in [-0.2, -0.15) is 0 Å². The number of ether oxygens (including phenoxy) is 1. The largest absolute Gasteiger partial charge is 0.479 e. The van der Waals surface area contributed by atoms with E-state index in [2.05, 4.69) is 10.6 Å². The fraction of sp³-hybridized carbons (Fsp3) is 0.167. The molecule has 0 fully saturated rings. The Morgan fingerprint density at radius 1 is 1.15 bits per heavy atom. The van der Waals surface area contributed by atoms with Gasteiger partial charge in [-0.3, -0.25) is 13.9 Å². The Bertz CT molecular complexity index is 1440. The van der Waals surface area contributed by atoms with E-state index >= 15 is 0 Å². The number of fused-ring (bicyclic) bond motifs is 2. The minimum atomic E-state index is -3.98. The minimum absolute atomic E-state index is 0.0312. The highest BCUT2D eigenvalue weighted by atomic mass is 35.5. The first kappa shape index (κ1) is 22.2. The van der Waals surface area contributed by atoms with Crippen molar-refractivity contribution in [2.75, 3.05) is 21.5 Å². The third-order valence-electron chi connectivity index (χ3n) is 5.77. The van der Waals surface area contributed by atoms with Crippen molar-refractivity contribution in [1.82, 2.24) is 0 Å². The number of halogens is 1. The van der Waals surface area contributed by atoms with Crippen LogP contribution in [0.25, 0.3) is 0 Å². The molecule has 0 bridgehead atoms. The van der Waals surface area contributed by atoms with Crippen molar-refractivity contribution in [2.24, 2.45) is 0 Å². The lowest BCUT2D eigenvalue weighted by Gasteiger charge is -2.23. The van der Waals surface area contributed by atoms with Crippen molar-refractivity contribution in [3.8, 4) is 5.75 Å². The van der Waals surface area contributed by atoms with Crippen LogP contribution in [0, 0.1) is 0 Å². The molecule has 0 saturated carbocycles. The summed E-state index contributed by atoms with van der Waals surface area (Å²) in [7, 11) is -3.98. The van der Waals surface area contributed by atoms with E-state index in [1.165, 1.54) is 22.5 Å². The van der Waals surface area contributed by atoms with Crippen LogP contribution in [-0.4, -0.2) is 32.9 Å². The molecule has 8 nitrogen and oxygen atoms in total. The zero-order valence-electron chi connectivity index (χ0n) is 18.0. The fourth-order valence-corrected chi connectivity index (χ4v) is 6.01. The molecular weight excluding hydrogens is 478 g/mol. The van der Waals surface area contributed by atoms with Gasteiger partial charge >= 0.3 is 0 Å². The van der Waals surface area contributed by atoms with E-state index in [0.717, 1.165) is 5.56 Å². The van der Waals surface area contributed by atoms with Gasteiger partial charge in [-0.25, -0.2) is 8.42 Å². The van der Waals surface area contributed by atoms with Gasteiger partial charge in [0, 0.05) is 17.8 Å². The van der Waals surface area contributed by atoms with Crippen LogP contribution in [0.1, 0.15) is 22.8 Å². The molecule has 3 aromatic rings. The summed E-state index contributed by atoms with van der Waals surface area (Å²) < 4.78 is 33.7. The van der Waals surface area contributed by atoms with Crippen LogP contribution in [0.3, 0.4) is 0 Å². The van der Waals surface area contributed by atoms with Crippen molar-refractivity contribution < 1.29 is 22.7 Å². The molecular formula is C24H20ClN3O5S. The number of rotatable bonds is 4. The molecule has 10 heteroatoms. The standard InChI is InChI=1S/C24H20ClN3O5S/c1-14-23(29)27-19-13-17(7-9-21(19)33-14)26-24(30)16-6-8-18(25)22(12-16)34(31,32)28-11-10-15-4-2-3-5-20(15)28/h2-9,12-14H,10-11H2,1H3,(H,26,30)(H,27,29)/t14-/m1/s1. The first-order valence-corrected chi connectivity index (χ1v) is 12.4. The van der Waals surface area contributed by atoms with E-state index in [0.29, 0.717) is 35.8 Å². The monoisotopic (exact) mass is 497 g/mol. The first-order valence-electron chi connectivity index (χ1n) is 10.6. The Hall–Kier alpha value is -3.56. The number of carbonyl (C=O) groups excluding carboxylic acids is 2. The molecule has 1 atom stereocenters. The van der Waals surface area contributed by atoms with E-state index in [1.807, 2.05) is 12.1 Å². The first-order chi connectivity index (χ1) is 16.2. The Morgan fingerprint density at radius 2 is 1.94 bits per heavy atom. The summed E-state index contributed by atoms with van der Waals surface area (Å²) >= 11 is 6.26. The molecule has 0 aliphatic carbocycles. The summed E-state index contributed by atoms with van der Waals surface area (Å²) in [5, 5.41) is 5.47. The summed E-state index contributed by atoms with van der Waals surface area (Å²) in [4.78, 5) is 24.7. The van der Waals surface area contributed by atoms with Gasteiger partial charge in [0.25, 0.3) is 21.8 Å². The minimum Gasteiger partial charge on any atom is -0.479 e. The number of nitrogens with one attached hydrogen (secondary N) is 2. The summed E-state index contributed by atoms with van der Waals surface area (Å²) in [6.45, 7) is 1.94. The molecule has 0 saturated heterocycles. The van der Waals surface area contributed by atoms with Gasteiger partial charge in [-0.15, -0.1) is 0 Å². The number of para-hydroxylation sites is 1. The quantitative estimate of drug-likeness (QED) is 0.565. The molecule has 0 unspecified atom stereocenters. The van der Waals surface area contributed by atoms with Crippen LogP contribution in [0.2, 0.25) is 5.02 Å². The normalized spacial score (nSPS) is 16.8. The fourth-order valence-electron chi connectivity index (χ4n) is 4.01. The molecule has 2 aliphatic rings. The number of amides is 2. The van der Waals surface area contributed by atoms with Crippen LogP contribution in [0.4, 0.5) is 17.1 Å². The summed E-state index contributed by atoms with van der Waals surface area (Å²) in [6.07, 6.45) is -0.00478. The highest BCUT2D eigenvalue weighted by Crippen LogP contribution is 2.36. The number of hydrogen-bond acceptors (Lipinski definition) is 5. The molecule has 0 spiro atoms. The highest BCUT2D eigenvalue weighted by Gasteiger charge is 2.32. The average molecular weight is 498 g/mol. The second kappa shape index (κ2) is 8.34. The Labute approximate surface area is 201 Å². The molecule has 2 aliphatic heterocycles. The van der Waals surface area contributed by atoms with E-state index in [-0.39, 0.29) is 21.4 Å². The molecule has 0 aromatic heterocycles. The number of nitrogens with zero attached hydrogens (tertiary/aromatic N) is 1. The van der Waals surface area contributed by atoms with E-state index < -0.39 is 22.0 Å². The van der Waals surface area contributed by atoms with Gasteiger partial charge in [0.15, 0.2) is 6.10 Å². The highest BCUT2D eigenvalue weighted by molar-refractivity contribution is 7.93. The zero-order chi connectivity index (χ0) is 24.0. The average Bonchev–Trinajstić information content (AvgIpc) is 3.25. The maximum Gasteiger partial charge on any atom is 0.265 e. The van der Waals surface area contributed by atoms with E-state index in [1.54, 1.807) is 37.3 Å². The lowest BCUT2D eigenvalue weighted by atomic mass is 10.2. The SMILES string of the molecule is C[C@H]1Oc2ccc(NC(=O)c3ccc(Cl)c(S(=O)(=O)N4CCc5ccccc54)c3)cc2NC1=O. The van der Waals surface area contributed by atoms with Crippen LogP contribution in [0.15, 0.2) is 65.6 Å². The molecule has 2 amide bonds. The van der Waals surface area contributed by atoms with Crippen molar-refractivity contribution in [1.29, 1.82) is 0 Å². The Kier molecular flexibility index (Phi) is 5.45. The third-order valence-corrected chi connectivity index (χ3v) is 8.07. The molecule has 2 heterocycles. The molecule has 2 N–H and O–H groups in total. The van der Waals surface area contributed by atoms with E-state index in [4.69, 9.17) is 16.3 Å². The number of carbonyl (C=O) groups is 2. The molecule has 174 valence electrons. The second-order valence-electron chi connectivity index (χ2n) is 8.02. The predicted octanol–water partition coefficient (Wildman–Crippen LogP) is 4.06. The maximum atomic E-state index is 13.4. The number of anilines is 3. The predicted molar refractivity (Wildman–Crippen MR) is 129 cm³/mol. The van der Waals surface area contributed by atoms with Crippen molar-refractivity contribution in [3.63, 3.8) is 0 Å². The zero-order valence-corrected chi connectivity index (χ0v) is 19.6. The molecule has 5 rings (SSSR count). The summed E-state index contributed by atoms with van der Waals surface area (Å²) in [6, 6.07) is 16.3. The summed E-state index contributed by atoms with van der Waals surface area (Å²) in [5.74, 6) is -0.311. The Balaban J connectivity index is 1.42. The molecule has 0 radical (unpaired) electrons. The third kappa shape index (κ3) is 3.86. The van der Waals surface area contributed by atoms with Crippen molar-refractivity contribution in [2.45, 2.75) is 24.3 Å². The van der Waals surface area contributed by atoms with Gasteiger partial charge in [0.05, 0.1) is 16.4 Å². The second-order valence-corrected chi connectivity index (χ2v) is 10.3. The number of hydrogen-bond donors (Lipinski definition) is 2. The number of benzene rings is 3. The molecule has 34 heavy (non-hydrogen) atoms. The summed E-state index contributed by atoms with van der Waals surface area (Å²) in [5.41, 5.74) is 2.53. The Morgan fingerprint density at radius 3 is 2.76 bits per heavy atom. The van der Waals surface area contributed by atoms with Gasteiger partial charge in [0.1, 0.15) is 10.6 Å². The van der Waals surface area contributed by atoms with Crippen molar-refractivity contribution in [3.05, 3.63) is 76.8 Å². The lowest BCUT2D eigenvalue weighted by Crippen LogP contribution is -2.34. The van der Waals surface area contributed by atoms with Crippen LogP contribution >= 0.6 is 11.6 Å². The van der Waals surface area contributed by atoms with Crippen LogP contribution < -0.4 is 19.7 Å². The van der Waals surface area contributed by atoms with Crippen molar-refractivity contribution >= 4 is 50.5 Å². The van der Waals surface area contributed by atoms with Crippen LogP contribution in [0.5, 0.6) is 5.75 Å². The maximum absolute atomic E-state index is 13.4. The van der Waals surface area contributed by atoms with Gasteiger partial charge in [0.2, 0.25) is 0 Å². The van der Waals surface area contributed by atoms with Gasteiger partial charge < -0.3 is 15.4 Å². The van der Waals surface area contributed by atoms with Gasteiger partial charge in [-0.05, 0) is 61.4 Å². The number of sulfonamides is 1.